The van der Waals surface area contributed by atoms with Crippen LogP contribution in [-0.2, 0) is 4.79 Å². The molecule has 0 radical (unpaired) electrons. The number of nitrogens with zero attached hydrogens (tertiary/aromatic N) is 3. The lowest BCUT2D eigenvalue weighted by molar-refractivity contribution is -0.122. The summed E-state index contributed by atoms with van der Waals surface area (Å²) in [5, 5.41) is 5.36. The Morgan fingerprint density at radius 2 is 1.91 bits per heavy atom. The van der Waals surface area contributed by atoms with Crippen molar-refractivity contribution < 1.29 is 9.53 Å². The predicted molar refractivity (Wildman–Crippen MR) is 149 cm³/mol. The Labute approximate surface area is 221 Å². The van der Waals surface area contributed by atoms with Gasteiger partial charge in [0.2, 0.25) is 0 Å². The molecular weight excluding hydrogens is 498 g/mol. The number of aromatic nitrogens is 2. The molecule has 4 rings (SSSR count). The lowest BCUT2D eigenvalue weighted by atomic mass is 10.1. The highest BCUT2D eigenvalue weighted by Gasteiger charge is 2.32. The van der Waals surface area contributed by atoms with Gasteiger partial charge in [-0.15, -0.1) is 0 Å². The number of para-hydroxylation sites is 1. The normalized spacial score (nSPS) is 14.8. The van der Waals surface area contributed by atoms with Gasteiger partial charge in [-0.1, -0.05) is 80.0 Å². The van der Waals surface area contributed by atoms with Crippen LogP contribution in [0.3, 0.4) is 0 Å². The van der Waals surface area contributed by atoms with Gasteiger partial charge in [0.25, 0.3) is 5.91 Å². The van der Waals surface area contributed by atoms with Crippen molar-refractivity contribution >= 4 is 51.9 Å². The van der Waals surface area contributed by atoms with Crippen molar-refractivity contribution in [1.82, 2.24) is 14.7 Å². The Balaban J connectivity index is 1.69. The molecule has 0 aliphatic carbocycles. The zero-order valence-electron chi connectivity index (χ0n) is 19.9. The average molecular weight is 526 g/mol. The molecule has 1 fully saturated rings. The minimum atomic E-state index is -0.0420. The molecule has 2 heterocycles. The zero-order chi connectivity index (χ0) is 24.8. The van der Waals surface area contributed by atoms with E-state index in [-0.39, 0.29) is 5.91 Å². The first-order valence-electron chi connectivity index (χ1n) is 11.8. The molecule has 1 aliphatic heterocycles. The third-order valence-electron chi connectivity index (χ3n) is 5.66. The fraction of sp³-hybridized carbons (Fsp3) is 0.296. The topological polar surface area (TPSA) is 47.4 Å². The van der Waals surface area contributed by atoms with Crippen LogP contribution in [0.4, 0.5) is 0 Å². The summed E-state index contributed by atoms with van der Waals surface area (Å²) in [6.45, 7) is 5.29. The number of hydrogen-bond donors (Lipinski definition) is 0. The Morgan fingerprint density at radius 3 is 2.63 bits per heavy atom. The summed E-state index contributed by atoms with van der Waals surface area (Å²) in [6.07, 6.45) is 8.19. The van der Waals surface area contributed by atoms with E-state index in [0.29, 0.717) is 33.1 Å². The van der Waals surface area contributed by atoms with Crippen LogP contribution in [0.25, 0.3) is 23.0 Å². The van der Waals surface area contributed by atoms with E-state index in [4.69, 9.17) is 33.7 Å². The first-order valence-corrected chi connectivity index (χ1v) is 13.4. The number of benzene rings is 2. The van der Waals surface area contributed by atoms with E-state index in [1.807, 2.05) is 72.4 Å². The van der Waals surface area contributed by atoms with E-state index in [9.17, 15) is 4.79 Å². The van der Waals surface area contributed by atoms with Gasteiger partial charge in [0, 0.05) is 23.9 Å². The van der Waals surface area contributed by atoms with Gasteiger partial charge in [0.1, 0.15) is 15.8 Å². The molecule has 1 aromatic heterocycles. The second-order valence-corrected chi connectivity index (χ2v) is 10.3. The third-order valence-corrected chi connectivity index (χ3v) is 7.34. The monoisotopic (exact) mass is 525 g/mol. The van der Waals surface area contributed by atoms with Crippen molar-refractivity contribution in [2.24, 2.45) is 0 Å². The van der Waals surface area contributed by atoms with Crippen molar-refractivity contribution in [2.45, 2.75) is 39.5 Å². The van der Waals surface area contributed by atoms with E-state index in [0.717, 1.165) is 48.2 Å². The van der Waals surface area contributed by atoms with Crippen LogP contribution in [-0.4, -0.2) is 38.1 Å². The molecule has 1 saturated heterocycles. The average Bonchev–Trinajstić information content (AvgIpc) is 3.40. The van der Waals surface area contributed by atoms with Crippen molar-refractivity contribution in [3.8, 4) is 22.7 Å². The summed E-state index contributed by atoms with van der Waals surface area (Å²) in [5.74, 6) is 0.588. The minimum absolute atomic E-state index is 0.0420. The van der Waals surface area contributed by atoms with Crippen LogP contribution in [0.15, 0.2) is 59.6 Å². The molecule has 0 N–H and O–H groups in total. The predicted octanol–water partition coefficient (Wildman–Crippen LogP) is 7.37. The summed E-state index contributed by atoms with van der Waals surface area (Å²) in [7, 11) is 0. The lowest BCUT2D eigenvalue weighted by Gasteiger charge is -2.13. The fourth-order valence-electron chi connectivity index (χ4n) is 3.88. The number of hydrogen-bond acceptors (Lipinski definition) is 5. The maximum absolute atomic E-state index is 13.2. The quantitative estimate of drug-likeness (QED) is 0.157. The second-order valence-electron chi connectivity index (χ2n) is 8.19. The molecule has 0 spiro atoms. The lowest BCUT2D eigenvalue weighted by Crippen LogP contribution is -2.29. The van der Waals surface area contributed by atoms with Gasteiger partial charge in [-0.05, 0) is 49.8 Å². The van der Waals surface area contributed by atoms with E-state index >= 15 is 0 Å². The summed E-state index contributed by atoms with van der Waals surface area (Å²) >= 11 is 13.4. The Bertz CT molecular complexity index is 1240. The molecule has 5 nitrogen and oxygen atoms in total. The van der Waals surface area contributed by atoms with E-state index in [2.05, 4.69) is 6.92 Å². The van der Waals surface area contributed by atoms with E-state index in [1.54, 1.807) is 4.90 Å². The van der Waals surface area contributed by atoms with E-state index < -0.39 is 0 Å². The Morgan fingerprint density at radius 1 is 1.11 bits per heavy atom. The highest BCUT2D eigenvalue weighted by atomic mass is 35.5. The molecule has 0 saturated carbocycles. The number of thiocarbonyl (C=S) groups is 1. The number of ether oxygens (including phenoxy) is 1. The number of halogens is 1. The maximum atomic E-state index is 13.2. The van der Waals surface area contributed by atoms with Crippen LogP contribution >= 0.6 is 35.6 Å². The van der Waals surface area contributed by atoms with Gasteiger partial charge >= 0.3 is 0 Å². The van der Waals surface area contributed by atoms with Crippen molar-refractivity contribution in [3.05, 3.63) is 70.2 Å². The molecular formula is C27H28ClN3O2S2. The summed E-state index contributed by atoms with van der Waals surface area (Å²) < 4.78 is 8.01. The van der Waals surface area contributed by atoms with Gasteiger partial charge in [-0.2, -0.15) is 5.10 Å². The zero-order valence-corrected chi connectivity index (χ0v) is 22.3. The minimum Gasteiger partial charge on any atom is -0.492 e. The molecule has 3 aromatic rings. The van der Waals surface area contributed by atoms with Gasteiger partial charge in [0.15, 0.2) is 0 Å². The van der Waals surface area contributed by atoms with Gasteiger partial charge < -0.3 is 4.74 Å². The van der Waals surface area contributed by atoms with Crippen LogP contribution in [0.2, 0.25) is 5.02 Å². The molecule has 8 heteroatoms. The Kier molecular flexibility index (Phi) is 8.65. The maximum Gasteiger partial charge on any atom is 0.266 e. The molecule has 35 heavy (non-hydrogen) atoms. The second kappa shape index (κ2) is 11.9. The van der Waals surface area contributed by atoms with Crippen molar-refractivity contribution in [2.75, 3.05) is 13.2 Å². The van der Waals surface area contributed by atoms with Crippen LogP contribution < -0.4 is 4.74 Å². The number of carbonyl (C=O) groups excluding carboxylic acids is 1. The van der Waals surface area contributed by atoms with Crippen LogP contribution in [0.1, 0.15) is 45.1 Å². The van der Waals surface area contributed by atoms with Crippen molar-refractivity contribution in [3.63, 3.8) is 0 Å². The largest absolute Gasteiger partial charge is 0.492 e. The molecule has 0 unspecified atom stereocenters. The molecule has 2 aromatic carbocycles. The van der Waals surface area contributed by atoms with Gasteiger partial charge in [0.05, 0.1) is 22.2 Å². The smallest absolute Gasteiger partial charge is 0.266 e. The Hall–Kier alpha value is -2.61. The fourth-order valence-corrected chi connectivity index (χ4v) is 5.42. The first-order chi connectivity index (χ1) is 17.0. The van der Waals surface area contributed by atoms with Crippen LogP contribution in [0.5, 0.6) is 5.75 Å². The van der Waals surface area contributed by atoms with Crippen LogP contribution in [0, 0.1) is 0 Å². The standard InChI is InChI=1S/C27H28ClN3O2S2/c1-3-5-6-10-15-30-26(32)24(35-27(30)34)17-20-18-31(21-11-8-7-9-12-21)29-25(20)19-13-14-23(33-4-2)22(28)16-19/h7-9,11-14,16-18H,3-6,10,15H2,1-2H3/b24-17-. The van der Waals surface area contributed by atoms with Gasteiger partial charge in [-0.25, -0.2) is 4.68 Å². The SMILES string of the molecule is CCCCCCN1C(=O)/C(=C/c2cn(-c3ccccc3)nc2-c2ccc(OCC)c(Cl)c2)SC1=S. The molecule has 1 amide bonds. The number of carbonyl (C=O) groups is 1. The highest BCUT2D eigenvalue weighted by molar-refractivity contribution is 8.26. The third kappa shape index (κ3) is 5.97. The molecule has 0 bridgehead atoms. The summed E-state index contributed by atoms with van der Waals surface area (Å²) in [6, 6.07) is 15.5. The summed E-state index contributed by atoms with van der Waals surface area (Å²) in [5.41, 5.74) is 3.32. The number of thioether (sulfide) groups is 1. The van der Waals surface area contributed by atoms with E-state index in [1.165, 1.54) is 11.8 Å². The van der Waals surface area contributed by atoms with Crippen molar-refractivity contribution in [1.29, 1.82) is 0 Å². The molecule has 0 atom stereocenters. The summed E-state index contributed by atoms with van der Waals surface area (Å²) in [4.78, 5) is 15.5. The molecule has 1 aliphatic rings. The molecule has 182 valence electrons. The van der Waals surface area contributed by atoms with Gasteiger partial charge in [-0.3, -0.25) is 9.69 Å². The number of rotatable bonds is 10. The first kappa shape index (κ1) is 25.5. The number of amides is 1. The number of unbranched alkanes of at least 4 members (excludes halogenated alkanes) is 3. The highest BCUT2D eigenvalue weighted by Crippen LogP contribution is 2.36.